The minimum atomic E-state index is -4.41. The van der Waals surface area contributed by atoms with Crippen molar-refractivity contribution >= 4 is 57.7 Å². The van der Waals surface area contributed by atoms with E-state index < -0.39 is 7.60 Å². The van der Waals surface area contributed by atoms with Gasteiger partial charge in [0.15, 0.2) is 0 Å². The normalized spacial score (nSPS) is 11.3. The smallest absolute Gasteiger partial charge is 0.356 e. The van der Waals surface area contributed by atoms with Gasteiger partial charge in [-0.3, -0.25) is 9.36 Å². The maximum atomic E-state index is 12.0. The minimum Gasteiger partial charge on any atom is -0.437 e. The fourth-order valence-electron chi connectivity index (χ4n) is 3.89. The monoisotopic (exact) mass is 524 g/mol. The topological polar surface area (TPSA) is 134 Å². The molecule has 11 heteroatoms. The largest absolute Gasteiger partial charge is 0.437 e. The number of carbonyl (C=O) groups is 1. The highest BCUT2D eigenvalue weighted by molar-refractivity contribution is 7.60. The van der Waals surface area contributed by atoms with E-state index in [-0.39, 0.29) is 17.2 Å². The molecule has 0 saturated carbocycles. The third-order valence-corrected chi connectivity index (χ3v) is 7.39. The highest BCUT2D eigenvalue weighted by Crippen LogP contribution is 2.38. The molecule has 9 nitrogen and oxygen atoms in total. The summed E-state index contributed by atoms with van der Waals surface area (Å²) in [5.74, 6) is 0.770. The summed E-state index contributed by atoms with van der Waals surface area (Å²) in [6, 6.07) is 11.9. The number of aromatic nitrogens is 2. The lowest BCUT2D eigenvalue weighted by atomic mass is 10.0. The summed E-state index contributed by atoms with van der Waals surface area (Å²) in [4.78, 5) is 40.4. The second kappa shape index (κ2) is 10.6. The highest BCUT2D eigenvalue weighted by Gasteiger charge is 2.24. The average Bonchev–Trinajstić information content (AvgIpc) is 3.32. The van der Waals surface area contributed by atoms with Gasteiger partial charge in [-0.2, -0.15) is 4.98 Å². The number of benzene rings is 2. The number of nitrogens with zero attached hydrogens (tertiary/aromatic N) is 2. The van der Waals surface area contributed by atoms with Crippen molar-refractivity contribution in [1.29, 1.82) is 0 Å². The van der Waals surface area contributed by atoms with Crippen LogP contribution in [0.15, 0.2) is 60.5 Å². The van der Waals surface area contributed by atoms with E-state index in [0.29, 0.717) is 46.9 Å². The molecule has 2 heterocycles. The zero-order chi connectivity index (χ0) is 25.9. The molecule has 0 saturated heterocycles. The molecule has 0 spiro atoms. The summed E-state index contributed by atoms with van der Waals surface area (Å²) in [7, 11) is -4.41. The third-order valence-electron chi connectivity index (χ3n) is 5.45. The van der Waals surface area contributed by atoms with E-state index in [1.807, 2.05) is 25.3 Å². The lowest BCUT2D eigenvalue weighted by Gasteiger charge is -2.18. The molecule has 0 unspecified atom stereocenters. The molecule has 186 valence electrons. The maximum absolute atomic E-state index is 12.0. The summed E-state index contributed by atoms with van der Waals surface area (Å²) in [6.45, 7) is 7.25. The number of fused-ring (bicyclic) bond motifs is 1. The predicted molar refractivity (Wildman–Crippen MR) is 143 cm³/mol. The molecule has 4 N–H and O–H groups in total. The Labute approximate surface area is 212 Å². The number of nitrogens with one attached hydrogen (secondary N) is 2. The van der Waals surface area contributed by atoms with Crippen molar-refractivity contribution < 1.29 is 23.9 Å². The molecule has 2 aromatic heterocycles. The van der Waals surface area contributed by atoms with Crippen LogP contribution in [0.2, 0.25) is 0 Å². The Balaban J connectivity index is 1.71. The molecule has 36 heavy (non-hydrogen) atoms. The summed E-state index contributed by atoms with van der Waals surface area (Å²) < 4.78 is 18.8. The molecule has 0 atom stereocenters. The number of carbonyl (C=O) groups excluding carboxylic acids is 1. The molecule has 0 aliphatic rings. The summed E-state index contributed by atoms with van der Waals surface area (Å²) in [6.07, 6.45) is 2.22. The third kappa shape index (κ3) is 5.47. The van der Waals surface area contributed by atoms with Gasteiger partial charge >= 0.3 is 7.60 Å². The zero-order valence-electron chi connectivity index (χ0n) is 19.7. The molecule has 4 rings (SSSR count). The Morgan fingerprint density at radius 2 is 1.92 bits per heavy atom. The Hall–Kier alpha value is -3.56. The Kier molecular flexibility index (Phi) is 7.51. The molecule has 0 fully saturated rings. The van der Waals surface area contributed by atoms with Gasteiger partial charge in [0.05, 0.1) is 10.8 Å². The molecule has 1 amide bonds. The number of anilines is 3. The summed E-state index contributed by atoms with van der Waals surface area (Å²) >= 11 is 1.44. The van der Waals surface area contributed by atoms with Crippen molar-refractivity contribution in [3.63, 3.8) is 0 Å². The van der Waals surface area contributed by atoms with Gasteiger partial charge in [-0.15, -0.1) is 11.3 Å². The van der Waals surface area contributed by atoms with Crippen molar-refractivity contribution in [2.24, 2.45) is 0 Å². The maximum Gasteiger partial charge on any atom is 0.356 e. The Morgan fingerprint density at radius 3 is 2.61 bits per heavy atom. The van der Waals surface area contributed by atoms with Crippen LogP contribution < -0.4 is 20.7 Å². The standard InChI is InChI=1S/C25H25N4O5PS/c1-4-17-18(5-2)21(35(31,32)33)11-10-19(17)27-25-28-20-12-13-36-23(20)24(29-25)34-16-9-7-8-15(14-16)26-22(30)6-3/h6-14H,3-5H2,1-2H3,(H,26,30)(H,27,28,29)(H2,31,32,33). The van der Waals surface area contributed by atoms with Crippen LogP contribution >= 0.6 is 18.9 Å². The SMILES string of the molecule is C=CC(=O)Nc1cccc(Oc2nc(Nc3ccc(P(=O)(O)O)c(CC)c3CC)nc3ccsc23)c1. The van der Waals surface area contributed by atoms with E-state index in [1.165, 1.54) is 23.5 Å². The van der Waals surface area contributed by atoms with Crippen molar-refractivity contribution in [3.05, 3.63) is 71.6 Å². The first-order valence-corrected chi connectivity index (χ1v) is 13.7. The molecule has 0 aliphatic heterocycles. The van der Waals surface area contributed by atoms with Gasteiger partial charge in [-0.1, -0.05) is 26.5 Å². The quantitative estimate of drug-likeness (QED) is 0.172. The number of hydrogen-bond acceptors (Lipinski definition) is 7. The molecular weight excluding hydrogens is 499 g/mol. The van der Waals surface area contributed by atoms with Gasteiger partial charge in [0.1, 0.15) is 10.4 Å². The van der Waals surface area contributed by atoms with E-state index in [0.717, 1.165) is 10.3 Å². The van der Waals surface area contributed by atoms with Gasteiger partial charge in [0, 0.05) is 17.4 Å². The van der Waals surface area contributed by atoms with E-state index >= 15 is 0 Å². The fourth-order valence-corrected chi connectivity index (χ4v) is 5.56. The molecule has 4 aromatic rings. The van der Waals surface area contributed by atoms with Crippen molar-refractivity contribution in [2.45, 2.75) is 26.7 Å². The van der Waals surface area contributed by atoms with Crippen LogP contribution in [0.3, 0.4) is 0 Å². The second-order valence-corrected chi connectivity index (χ2v) is 10.3. The van der Waals surface area contributed by atoms with Crippen molar-refractivity contribution in [1.82, 2.24) is 9.97 Å². The van der Waals surface area contributed by atoms with E-state index in [2.05, 4.69) is 27.2 Å². The first kappa shape index (κ1) is 25.5. The van der Waals surface area contributed by atoms with Gasteiger partial charge in [0.2, 0.25) is 17.7 Å². The molecule has 0 bridgehead atoms. The predicted octanol–water partition coefficient (Wildman–Crippen LogP) is 5.28. The molecule has 2 aromatic carbocycles. The second-order valence-electron chi connectivity index (χ2n) is 7.78. The first-order valence-electron chi connectivity index (χ1n) is 11.2. The highest BCUT2D eigenvalue weighted by atomic mass is 32.1. The number of amides is 1. The lowest BCUT2D eigenvalue weighted by molar-refractivity contribution is -0.111. The van der Waals surface area contributed by atoms with Gasteiger partial charge in [-0.05, 0) is 65.8 Å². The van der Waals surface area contributed by atoms with Crippen molar-refractivity contribution in [2.75, 3.05) is 10.6 Å². The van der Waals surface area contributed by atoms with Crippen LogP contribution in [0, 0.1) is 0 Å². The summed E-state index contributed by atoms with van der Waals surface area (Å²) in [5.41, 5.74) is 3.31. The van der Waals surface area contributed by atoms with Crippen LogP contribution in [0.1, 0.15) is 25.0 Å². The van der Waals surface area contributed by atoms with Crippen LogP contribution in [-0.4, -0.2) is 25.7 Å². The first-order chi connectivity index (χ1) is 17.2. The number of ether oxygens (including phenoxy) is 1. The fraction of sp³-hybridized carbons (Fsp3) is 0.160. The van der Waals surface area contributed by atoms with Crippen LogP contribution in [0.5, 0.6) is 11.6 Å². The van der Waals surface area contributed by atoms with Crippen LogP contribution in [-0.2, 0) is 22.2 Å². The van der Waals surface area contributed by atoms with Gasteiger partial charge in [0.25, 0.3) is 0 Å². The zero-order valence-corrected chi connectivity index (χ0v) is 21.4. The Bertz CT molecular complexity index is 1500. The average molecular weight is 525 g/mol. The molecule has 0 aliphatic carbocycles. The van der Waals surface area contributed by atoms with E-state index in [4.69, 9.17) is 4.74 Å². The van der Waals surface area contributed by atoms with Gasteiger partial charge in [-0.25, -0.2) is 4.98 Å². The molecule has 0 radical (unpaired) electrons. The number of rotatable bonds is 9. The van der Waals surface area contributed by atoms with E-state index in [9.17, 15) is 19.1 Å². The number of thiophene rings is 1. The minimum absolute atomic E-state index is 0.0362. The van der Waals surface area contributed by atoms with Crippen molar-refractivity contribution in [3.8, 4) is 11.6 Å². The Morgan fingerprint density at radius 1 is 1.14 bits per heavy atom. The van der Waals surface area contributed by atoms with Gasteiger partial charge < -0.3 is 25.2 Å². The number of hydrogen-bond donors (Lipinski definition) is 4. The van der Waals surface area contributed by atoms with Crippen LogP contribution in [0.25, 0.3) is 10.2 Å². The molecular formula is C25H25N4O5PS. The van der Waals surface area contributed by atoms with E-state index in [1.54, 1.807) is 30.3 Å². The van der Waals surface area contributed by atoms with Crippen LogP contribution in [0.4, 0.5) is 17.3 Å². The summed E-state index contributed by atoms with van der Waals surface area (Å²) in [5, 5.41) is 7.83. The lowest BCUT2D eigenvalue weighted by Crippen LogP contribution is -2.15.